The van der Waals surface area contributed by atoms with Crippen molar-refractivity contribution in [3.63, 3.8) is 0 Å². The number of fused-ring (bicyclic) bond motifs is 1. The van der Waals surface area contributed by atoms with E-state index in [1.165, 1.54) is 0 Å². The SMILES string of the molecule is COc1ccc(-c2cc(C(=O)OCC(=O)N3C[C@H](C)O[C@@H](C)C3)c3ccccc3n2)cc1. The van der Waals surface area contributed by atoms with Gasteiger partial charge >= 0.3 is 5.97 Å². The van der Waals surface area contributed by atoms with Crippen molar-refractivity contribution < 1.29 is 23.8 Å². The van der Waals surface area contributed by atoms with Crippen LogP contribution in [0.25, 0.3) is 22.2 Å². The van der Waals surface area contributed by atoms with Crippen LogP contribution < -0.4 is 4.74 Å². The molecule has 4 rings (SSSR count). The predicted octanol–water partition coefficient (Wildman–Crippen LogP) is 3.70. The average molecular weight is 434 g/mol. The Morgan fingerprint density at radius 1 is 1.06 bits per heavy atom. The third kappa shape index (κ3) is 4.73. The lowest BCUT2D eigenvalue weighted by Crippen LogP contribution is -2.49. The van der Waals surface area contributed by atoms with E-state index in [2.05, 4.69) is 0 Å². The zero-order valence-electron chi connectivity index (χ0n) is 18.4. The van der Waals surface area contributed by atoms with Crippen LogP contribution in [0.5, 0.6) is 5.75 Å². The zero-order chi connectivity index (χ0) is 22.7. The highest BCUT2D eigenvalue weighted by atomic mass is 16.5. The molecule has 2 heterocycles. The maximum absolute atomic E-state index is 13.0. The molecule has 1 amide bonds. The predicted molar refractivity (Wildman–Crippen MR) is 121 cm³/mol. The smallest absolute Gasteiger partial charge is 0.339 e. The second-order valence-corrected chi connectivity index (χ2v) is 7.93. The van der Waals surface area contributed by atoms with Crippen molar-refractivity contribution in [1.82, 2.24) is 9.88 Å². The summed E-state index contributed by atoms with van der Waals surface area (Å²) in [6.45, 7) is 4.51. The Morgan fingerprint density at radius 3 is 2.44 bits per heavy atom. The van der Waals surface area contributed by atoms with Crippen LogP contribution in [0.1, 0.15) is 24.2 Å². The van der Waals surface area contributed by atoms with Gasteiger partial charge in [0.25, 0.3) is 5.91 Å². The van der Waals surface area contributed by atoms with E-state index in [0.717, 1.165) is 11.3 Å². The van der Waals surface area contributed by atoms with Gasteiger partial charge in [0.15, 0.2) is 6.61 Å². The van der Waals surface area contributed by atoms with E-state index in [0.29, 0.717) is 35.2 Å². The van der Waals surface area contributed by atoms with Crippen LogP contribution in [0.15, 0.2) is 54.6 Å². The first kappa shape index (κ1) is 21.8. The Kier molecular flexibility index (Phi) is 6.37. The number of rotatable bonds is 5. The van der Waals surface area contributed by atoms with Gasteiger partial charge in [-0.05, 0) is 50.2 Å². The summed E-state index contributed by atoms with van der Waals surface area (Å²) in [6.07, 6.45) is -0.0933. The summed E-state index contributed by atoms with van der Waals surface area (Å²) < 4.78 is 16.3. The number of benzene rings is 2. The van der Waals surface area contributed by atoms with Gasteiger partial charge in [-0.2, -0.15) is 0 Å². The summed E-state index contributed by atoms with van der Waals surface area (Å²) in [4.78, 5) is 32.0. The molecule has 0 N–H and O–H groups in total. The lowest BCUT2D eigenvalue weighted by Gasteiger charge is -2.35. The average Bonchev–Trinajstić information content (AvgIpc) is 2.81. The van der Waals surface area contributed by atoms with Gasteiger partial charge in [-0.15, -0.1) is 0 Å². The molecule has 7 nitrogen and oxygen atoms in total. The first-order chi connectivity index (χ1) is 15.4. The number of amides is 1. The van der Waals surface area contributed by atoms with Gasteiger partial charge in [-0.25, -0.2) is 9.78 Å². The van der Waals surface area contributed by atoms with Crippen LogP contribution in [0.4, 0.5) is 0 Å². The quantitative estimate of drug-likeness (QED) is 0.570. The molecule has 0 saturated carbocycles. The Labute approximate surface area is 186 Å². The number of aromatic nitrogens is 1. The molecule has 0 aliphatic carbocycles. The molecule has 0 bridgehead atoms. The number of pyridine rings is 1. The molecule has 1 fully saturated rings. The van der Waals surface area contributed by atoms with Gasteiger partial charge in [-0.3, -0.25) is 4.79 Å². The van der Waals surface area contributed by atoms with Gasteiger partial charge in [-0.1, -0.05) is 18.2 Å². The van der Waals surface area contributed by atoms with E-state index < -0.39 is 5.97 Å². The molecule has 1 saturated heterocycles. The summed E-state index contributed by atoms with van der Waals surface area (Å²) in [7, 11) is 1.61. The van der Waals surface area contributed by atoms with E-state index in [9.17, 15) is 9.59 Å². The number of nitrogens with zero attached hydrogens (tertiary/aromatic N) is 2. The molecule has 0 spiro atoms. The summed E-state index contributed by atoms with van der Waals surface area (Å²) in [5, 5.41) is 0.677. The van der Waals surface area contributed by atoms with Crippen molar-refractivity contribution in [2.75, 3.05) is 26.8 Å². The van der Waals surface area contributed by atoms with Crippen molar-refractivity contribution >= 4 is 22.8 Å². The highest BCUT2D eigenvalue weighted by Gasteiger charge is 2.27. The zero-order valence-corrected chi connectivity index (χ0v) is 18.4. The number of ether oxygens (including phenoxy) is 3. The van der Waals surface area contributed by atoms with Crippen LogP contribution in [-0.4, -0.2) is 60.8 Å². The van der Waals surface area contributed by atoms with Gasteiger partial charge < -0.3 is 19.1 Å². The Hall–Kier alpha value is -3.45. The first-order valence-electron chi connectivity index (χ1n) is 10.6. The molecule has 2 aromatic carbocycles. The van der Waals surface area contributed by atoms with E-state index >= 15 is 0 Å². The van der Waals surface area contributed by atoms with Crippen LogP contribution >= 0.6 is 0 Å². The minimum Gasteiger partial charge on any atom is -0.497 e. The Bertz CT molecular complexity index is 1120. The number of hydrogen-bond donors (Lipinski definition) is 0. The van der Waals surface area contributed by atoms with E-state index in [1.807, 2.05) is 62.4 Å². The molecular formula is C25H26N2O5. The summed E-state index contributed by atoms with van der Waals surface area (Å²) >= 11 is 0. The molecular weight excluding hydrogens is 408 g/mol. The van der Waals surface area contributed by atoms with E-state index in [1.54, 1.807) is 18.1 Å². The maximum Gasteiger partial charge on any atom is 0.339 e. The van der Waals surface area contributed by atoms with Crippen molar-refractivity contribution in [2.45, 2.75) is 26.1 Å². The minimum atomic E-state index is -0.555. The fourth-order valence-corrected chi connectivity index (χ4v) is 3.93. The second-order valence-electron chi connectivity index (χ2n) is 7.93. The van der Waals surface area contributed by atoms with Crippen LogP contribution in [0, 0.1) is 0 Å². The van der Waals surface area contributed by atoms with Crippen LogP contribution in [0.2, 0.25) is 0 Å². The van der Waals surface area contributed by atoms with Gasteiger partial charge in [0, 0.05) is 24.0 Å². The monoisotopic (exact) mass is 434 g/mol. The van der Waals surface area contributed by atoms with Crippen molar-refractivity contribution in [2.24, 2.45) is 0 Å². The summed E-state index contributed by atoms with van der Waals surface area (Å²) in [5.41, 5.74) is 2.53. The fourth-order valence-electron chi connectivity index (χ4n) is 3.93. The van der Waals surface area contributed by atoms with Gasteiger partial charge in [0.1, 0.15) is 5.75 Å². The minimum absolute atomic E-state index is 0.0467. The molecule has 0 radical (unpaired) electrons. The third-order valence-electron chi connectivity index (χ3n) is 5.42. The lowest BCUT2D eigenvalue weighted by atomic mass is 10.0. The maximum atomic E-state index is 13.0. The number of esters is 1. The molecule has 1 aromatic heterocycles. The molecule has 166 valence electrons. The molecule has 32 heavy (non-hydrogen) atoms. The summed E-state index contributed by atoms with van der Waals surface area (Å²) in [6, 6.07) is 16.5. The lowest BCUT2D eigenvalue weighted by molar-refractivity contribution is -0.146. The van der Waals surface area contributed by atoms with Crippen LogP contribution in [0.3, 0.4) is 0 Å². The van der Waals surface area contributed by atoms with Gasteiger partial charge in [0.2, 0.25) is 0 Å². The van der Waals surface area contributed by atoms with E-state index in [4.69, 9.17) is 19.2 Å². The molecule has 1 aliphatic heterocycles. The topological polar surface area (TPSA) is 78.0 Å². The highest BCUT2D eigenvalue weighted by Crippen LogP contribution is 2.27. The van der Waals surface area contributed by atoms with Crippen LogP contribution in [-0.2, 0) is 14.3 Å². The Morgan fingerprint density at radius 2 is 1.75 bits per heavy atom. The first-order valence-corrected chi connectivity index (χ1v) is 10.6. The number of carbonyl (C=O) groups is 2. The molecule has 0 unspecified atom stereocenters. The second kappa shape index (κ2) is 9.36. The standard InChI is InChI=1S/C25H26N2O5/c1-16-13-27(14-17(2)32-16)24(28)15-31-25(29)21-12-23(18-8-10-19(30-3)11-9-18)26-22-7-5-4-6-20(21)22/h4-12,16-17H,13-15H2,1-3H3/t16-,17-/m0/s1. The number of morpholine rings is 1. The summed E-state index contributed by atoms with van der Waals surface area (Å²) in [5.74, 6) is -0.0467. The molecule has 2 atom stereocenters. The highest BCUT2D eigenvalue weighted by molar-refractivity contribution is 6.05. The normalized spacial score (nSPS) is 18.4. The van der Waals surface area contributed by atoms with Crippen molar-refractivity contribution in [1.29, 1.82) is 0 Å². The number of methoxy groups -OCH3 is 1. The largest absolute Gasteiger partial charge is 0.497 e. The van der Waals surface area contributed by atoms with Gasteiger partial charge in [0.05, 0.1) is 36.1 Å². The number of para-hydroxylation sites is 1. The van der Waals surface area contributed by atoms with Crippen molar-refractivity contribution in [3.05, 3.63) is 60.2 Å². The van der Waals surface area contributed by atoms with E-state index in [-0.39, 0.29) is 24.7 Å². The van der Waals surface area contributed by atoms with Crippen molar-refractivity contribution in [3.8, 4) is 17.0 Å². The number of hydrogen-bond acceptors (Lipinski definition) is 6. The number of carbonyl (C=O) groups excluding carboxylic acids is 2. The Balaban J connectivity index is 1.57. The fraction of sp³-hybridized carbons (Fsp3) is 0.320. The molecule has 3 aromatic rings. The third-order valence-corrected chi connectivity index (χ3v) is 5.42. The molecule has 1 aliphatic rings. The molecule has 7 heteroatoms.